The highest BCUT2D eigenvalue weighted by atomic mass is 32.2. The zero-order valence-electron chi connectivity index (χ0n) is 17.6. The molecule has 0 radical (unpaired) electrons. The van der Waals surface area contributed by atoms with Crippen LogP contribution in [0.2, 0.25) is 0 Å². The van der Waals surface area contributed by atoms with E-state index in [9.17, 15) is 4.79 Å². The summed E-state index contributed by atoms with van der Waals surface area (Å²) in [5, 5.41) is 11.6. The van der Waals surface area contributed by atoms with Gasteiger partial charge in [0, 0.05) is 23.5 Å². The summed E-state index contributed by atoms with van der Waals surface area (Å²) in [7, 11) is 1.64. The molecule has 32 heavy (non-hydrogen) atoms. The van der Waals surface area contributed by atoms with Gasteiger partial charge in [0.05, 0.1) is 25.7 Å². The number of furan rings is 1. The van der Waals surface area contributed by atoms with Crippen molar-refractivity contribution in [1.82, 2.24) is 19.7 Å². The Balaban J connectivity index is 1.36. The van der Waals surface area contributed by atoms with Crippen molar-refractivity contribution in [1.29, 1.82) is 0 Å². The van der Waals surface area contributed by atoms with E-state index < -0.39 is 0 Å². The first-order chi connectivity index (χ1) is 15.7. The fourth-order valence-corrected chi connectivity index (χ4v) is 5.48. The monoisotopic (exact) mass is 466 g/mol. The lowest BCUT2D eigenvalue weighted by Crippen LogP contribution is -2.36. The molecule has 0 saturated heterocycles. The van der Waals surface area contributed by atoms with Gasteiger partial charge in [0.1, 0.15) is 11.5 Å². The van der Waals surface area contributed by atoms with Crippen LogP contribution in [0.3, 0.4) is 0 Å². The largest absolute Gasteiger partial charge is 0.497 e. The van der Waals surface area contributed by atoms with E-state index in [2.05, 4.69) is 21.6 Å². The molecule has 0 atom stereocenters. The van der Waals surface area contributed by atoms with E-state index in [1.807, 2.05) is 45.9 Å². The van der Waals surface area contributed by atoms with Gasteiger partial charge in [0.2, 0.25) is 5.91 Å². The molecule has 7 nitrogen and oxygen atoms in total. The number of hydrogen-bond donors (Lipinski definition) is 0. The predicted molar refractivity (Wildman–Crippen MR) is 124 cm³/mol. The predicted octanol–water partition coefficient (Wildman–Crippen LogP) is 4.33. The Kier molecular flexibility index (Phi) is 6.00. The maximum Gasteiger partial charge on any atom is 0.233 e. The molecule has 4 heterocycles. The van der Waals surface area contributed by atoms with Crippen molar-refractivity contribution < 1.29 is 13.9 Å². The number of fused-ring (bicyclic) bond motifs is 1. The van der Waals surface area contributed by atoms with Crippen molar-refractivity contribution in [3.63, 3.8) is 0 Å². The Morgan fingerprint density at radius 3 is 3.03 bits per heavy atom. The maximum absolute atomic E-state index is 12.9. The average Bonchev–Trinajstić information content (AvgIpc) is 3.58. The maximum atomic E-state index is 12.9. The van der Waals surface area contributed by atoms with Crippen molar-refractivity contribution in [2.45, 2.75) is 24.7 Å². The number of carbonyl (C=O) groups excluding carboxylic acids is 1. The smallest absolute Gasteiger partial charge is 0.233 e. The molecule has 4 aromatic rings. The Morgan fingerprint density at radius 1 is 1.25 bits per heavy atom. The van der Waals surface area contributed by atoms with Gasteiger partial charge in [0.25, 0.3) is 0 Å². The molecule has 0 N–H and O–H groups in total. The number of benzene rings is 1. The topological polar surface area (TPSA) is 73.4 Å². The van der Waals surface area contributed by atoms with Crippen LogP contribution < -0.4 is 4.74 Å². The molecule has 1 aliphatic rings. The van der Waals surface area contributed by atoms with Crippen LogP contribution in [0.4, 0.5) is 0 Å². The number of aromatic nitrogens is 3. The van der Waals surface area contributed by atoms with Gasteiger partial charge in [0.15, 0.2) is 11.0 Å². The molecule has 0 saturated carbocycles. The van der Waals surface area contributed by atoms with Crippen LogP contribution in [0.5, 0.6) is 5.75 Å². The van der Waals surface area contributed by atoms with E-state index in [1.54, 1.807) is 24.7 Å². The Bertz CT molecular complexity index is 1220. The second-order valence-corrected chi connectivity index (χ2v) is 9.37. The first kappa shape index (κ1) is 20.8. The highest BCUT2D eigenvalue weighted by Crippen LogP contribution is 2.29. The Hall–Kier alpha value is -3.04. The molecular formula is C23H22N4O3S2. The number of methoxy groups -OCH3 is 1. The lowest BCUT2D eigenvalue weighted by Gasteiger charge is -2.26. The highest BCUT2D eigenvalue weighted by molar-refractivity contribution is 7.99. The van der Waals surface area contributed by atoms with Crippen LogP contribution in [-0.4, -0.2) is 45.0 Å². The zero-order chi connectivity index (χ0) is 21.9. The third kappa shape index (κ3) is 4.31. The van der Waals surface area contributed by atoms with E-state index in [1.165, 1.54) is 22.2 Å². The van der Waals surface area contributed by atoms with Gasteiger partial charge in [-0.05, 0) is 47.7 Å². The zero-order valence-corrected chi connectivity index (χ0v) is 19.2. The lowest BCUT2D eigenvalue weighted by atomic mass is 10.1. The van der Waals surface area contributed by atoms with Crippen molar-refractivity contribution in [3.05, 3.63) is 70.3 Å². The van der Waals surface area contributed by atoms with Gasteiger partial charge < -0.3 is 14.1 Å². The van der Waals surface area contributed by atoms with Crippen LogP contribution in [0.25, 0.3) is 11.4 Å². The second kappa shape index (κ2) is 9.22. The molecule has 0 aliphatic carbocycles. The van der Waals surface area contributed by atoms with Crippen LogP contribution in [0.15, 0.2) is 63.7 Å². The highest BCUT2D eigenvalue weighted by Gasteiger charge is 2.23. The summed E-state index contributed by atoms with van der Waals surface area (Å²) in [6, 6.07) is 13.6. The van der Waals surface area contributed by atoms with Gasteiger partial charge >= 0.3 is 0 Å². The summed E-state index contributed by atoms with van der Waals surface area (Å²) in [6.45, 7) is 1.93. The molecule has 3 aromatic heterocycles. The molecular weight excluding hydrogens is 444 g/mol. The molecule has 164 valence electrons. The first-order valence-corrected chi connectivity index (χ1v) is 12.1. The van der Waals surface area contributed by atoms with Crippen LogP contribution in [0, 0.1) is 0 Å². The number of amides is 1. The van der Waals surface area contributed by atoms with E-state index in [-0.39, 0.29) is 5.91 Å². The standard InChI is InChI=1S/C23H22N4O3S2/c1-29-18-5-2-4-16(12-18)22-24-25-23(27(22)14-19-6-3-10-30-19)32-15-21(28)26-9-7-20-17(13-26)8-11-31-20/h2-6,8,10-12H,7,9,13-15H2,1H3. The van der Waals surface area contributed by atoms with Crippen molar-refractivity contribution in [3.8, 4) is 17.1 Å². The summed E-state index contributed by atoms with van der Waals surface area (Å²) >= 11 is 3.18. The fraction of sp³-hybridized carbons (Fsp3) is 0.261. The number of thiophene rings is 1. The third-order valence-corrected chi connectivity index (χ3v) is 7.40. The summed E-state index contributed by atoms with van der Waals surface area (Å²) < 4.78 is 12.9. The van der Waals surface area contributed by atoms with Crippen molar-refractivity contribution in [2.24, 2.45) is 0 Å². The summed E-state index contributed by atoms with van der Waals surface area (Å²) in [5.41, 5.74) is 2.16. The minimum Gasteiger partial charge on any atom is -0.497 e. The number of thioether (sulfide) groups is 1. The van der Waals surface area contributed by atoms with Crippen LogP contribution >= 0.6 is 23.1 Å². The first-order valence-electron chi connectivity index (χ1n) is 10.3. The molecule has 0 unspecified atom stereocenters. The van der Waals surface area contributed by atoms with Crippen LogP contribution in [-0.2, 0) is 24.3 Å². The average molecular weight is 467 g/mol. The molecule has 0 fully saturated rings. The number of hydrogen-bond acceptors (Lipinski definition) is 7. The fourth-order valence-electron chi connectivity index (χ4n) is 3.75. The molecule has 0 spiro atoms. The van der Waals surface area contributed by atoms with Crippen molar-refractivity contribution in [2.75, 3.05) is 19.4 Å². The lowest BCUT2D eigenvalue weighted by molar-refractivity contribution is -0.129. The minimum absolute atomic E-state index is 0.113. The molecule has 1 aliphatic heterocycles. The SMILES string of the molecule is COc1cccc(-c2nnc(SCC(=O)N3CCc4sccc4C3)n2Cc2ccco2)c1. The van der Waals surface area contributed by atoms with Crippen LogP contribution in [0.1, 0.15) is 16.2 Å². The molecule has 1 aromatic carbocycles. The van der Waals surface area contributed by atoms with E-state index >= 15 is 0 Å². The quantitative estimate of drug-likeness (QED) is 0.378. The molecule has 5 rings (SSSR count). The normalized spacial score (nSPS) is 13.2. The van der Waals surface area contributed by atoms with Gasteiger partial charge in [-0.1, -0.05) is 23.9 Å². The number of ether oxygens (including phenoxy) is 1. The number of rotatable bonds is 7. The Morgan fingerprint density at radius 2 is 2.19 bits per heavy atom. The minimum atomic E-state index is 0.113. The summed E-state index contributed by atoms with van der Waals surface area (Å²) in [6.07, 6.45) is 2.58. The number of carbonyl (C=O) groups is 1. The van der Waals surface area contributed by atoms with Gasteiger partial charge in [-0.2, -0.15) is 0 Å². The molecule has 1 amide bonds. The van der Waals surface area contributed by atoms with Gasteiger partial charge in [-0.3, -0.25) is 9.36 Å². The Labute approximate surface area is 194 Å². The van der Waals surface area contributed by atoms with E-state index in [0.717, 1.165) is 30.0 Å². The third-order valence-electron chi connectivity index (χ3n) is 5.42. The van der Waals surface area contributed by atoms with Gasteiger partial charge in [-0.25, -0.2) is 0 Å². The van der Waals surface area contributed by atoms with E-state index in [0.29, 0.717) is 29.8 Å². The van der Waals surface area contributed by atoms with Gasteiger partial charge in [-0.15, -0.1) is 21.5 Å². The number of nitrogens with zero attached hydrogens (tertiary/aromatic N) is 4. The second-order valence-electron chi connectivity index (χ2n) is 7.43. The van der Waals surface area contributed by atoms with E-state index in [4.69, 9.17) is 9.15 Å². The molecule has 0 bridgehead atoms. The molecule has 9 heteroatoms. The van der Waals surface area contributed by atoms with Crippen molar-refractivity contribution >= 4 is 29.0 Å². The summed E-state index contributed by atoms with van der Waals surface area (Å²) in [4.78, 5) is 16.2. The summed E-state index contributed by atoms with van der Waals surface area (Å²) in [5.74, 6) is 2.67.